The van der Waals surface area contributed by atoms with E-state index >= 15 is 0 Å². The second-order valence-electron chi connectivity index (χ2n) is 6.63. The number of piperazine rings is 1. The molecule has 0 unspecified atom stereocenters. The minimum atomic E-state index is 0.622. The Hall–Kier alpha value is -3.42. The predicted octanol–water partition coefficient (Wildman–Crippen LogP) is 2.65. The number of hydrogen-bond acceptors (Lipinski definition) is 8. The molecule has 1 N–H and O–H groups in total. The molecule has 0 atom stereocenters. The molecule has 4 rings (SSSR count). The van der Waals surface area contributed by atoms with E-state index < -0.39 is 0 Å². The molecule has 0 radical (unpaired) electrons. The molecule has 0 saturated carbocycles. The monoisotopic (exact) mass is 377 g/mol. The van der Waals surface area contributed by atoms with Gasteiger partial charge in [0.25, 0.3) is 0 Å². The van der Waals surface area contributed by atoms with E-state index in [4.69, 9.17) is 4.74 Å². The topological polar surface area (TPSA) is 79.3 Å². The number of aromatic nitrogens is 4. The van der Waals surface area contributed by atoms with Gasteiger partial charge in [0.05, 0.1) is 19.0 Å². The van der Waals surface area contributed by atoms with Gasteiger partial charge in [-0.3, -0.25) is 0 Å². The van der Waals surface area contributed by atoms with Crippen LogP contribution in [0.25, 0.3) is 0 Å². The van der Waals surface area contributed by atoms with Crippen molar-refractivity contribution in [1.82, 2.24) is 20.2 Å². The van der Waals surface area contributed by atoms with Gasteiger partial charge in [0.15, 0.2) is 5.82 Å². The molecule has 3 heterocycles. The minimum Gasteiger partial charge on any atom is -0.495 e. The fourth-order valence-electron chi connectivity index (χ4n) is 3.22. The third-order valence-electron chi connectivity index (χ3n) is 4.70. The zero-order chi connectivity index (χ0) is 19.3. The van der Waals surface area contributed by atoms with Gasteiger partial charge in [0, 0.05) is 32.4 Å². The average molecular weight is 377 g/mol. The van der Waals surface area contributed by atoms with Crippen molar-refractivity contribution in [2.24, 2.45) is 0 Å². The highest BCUT2D eigenvalue weighted by Crippen LogP contribution is 2.28. The third kappa shape index (κ3) is 3.95. The minimum absolute atomic E-state index is 0.622. The summed E-state index contributed by atoms with van der Waals surface area (Å²) in [6, 6.07) is 11.9. The van der Waals surface area contributed by atoms with Crippen molar-refractivity contribution in [2.75, 3.05) is 48.4 Å². The number of methoxy groups -OCH3 is 1. The van der Waals surface area contributed by atoms with Crippen molar-refractivity contribution in [3.05, 3.63) is 54.4 Å². The van der Waals surface area contributed by atoms with E-state index in [0.29, 0.717) is 11.8 Å². The highest BCUT2D eigenvalue weighted by Gasteiger charge is 2.20. The van der Waals surface area contributed by atoms with Crippen LogP contribution in [-0.4, -0.2) is 53.5 Å². The quantitative estimate of drug-likeness (QED) is 0.727. The number of nitrogens with zero attached hydrogens (tertiary/aromatic N) is 6. The smallest absolute Gasteiger partial charge is 0.247 e. The second-order valence-corrected chi connectivity index (χ2v) is 6.63. The van der Waals surface area contributed by atoms with Crippen LogP contribution in [-0.2, 0) is 0 Å². The first kappa shape index (κ1) is 18.0. The van der Waals surface area contributed by atoms with Crippen LogP contribution in [0, 0.1) is 6.92 Å². The molecule has 1 fully saturated rings. The van der Waals surface area contributed by atoms with Crippen LogP contribution in [0.4, 0.5) is 23.3 Å². The molecule has 0 aliphatic carbocycles. The number of aryl methyl sites for hydroxylation is 1. The molecule has 2 aromatic heterocycles. The maximum atomic E-state index is 5.42. The van der Waals surface area contributed by atoms with Gasteiger partial charge in [-0.1, -0.05) is 12.1 Å². The summed E-state index contributed by atoms with van der Waals surface area (Å²) < 4.78 is 5.42. The molecular formula is C20H23N7O. The lowest BCUT2D eigenvalue weighted by Crippen LogP contribution is -2.47. The normalized spacial score (nSPS) is 14.1. The molecule has 1 aliphatic heterocycles. The van der Waals surface area contributed by atoms with E-state index in [1.807, 2.05) is 49.5 Å². The van der Waals surface area contributed by atoms with Crippen LogP contribution in [0.1, 0.15) is 5.56 Å². The fraction of sp³-hybridized carbons (Fsp3) is 0.300. The molecule has 1 saturated heterocycles. The number of nitrogens with one attached hydrogen (secondary N) is 1. The summed E-state index contributed by atoms with van der Waals surface area (Å²) in [4.78, 5) is 13.5. The molecular weight excluding hydrogens is 354 g/mol. The number of anilines is 4. The first-order chi connectivity index (χ1) is 13.7. The number of pyridine rings is 1. The van der Waals surface area contributed by atoms with Gasteiger partial charge in [-0.25, -0.2) is 4.98 Å². The van der Waals surface area contributed by atoms with Gasteiger partial charge in [0.1, 0.15) is 11.6 Å². The molecule has 1 aromatic carbocycles. The lowest BCUT2D eigenvalue weighted by molar-refractivity contribution is 0.416. The molecule has 0 spiro atoms. The molecule has 3 aromatic rings. The highest BCUT2D eigenvalue weighted by atomic mass is 16.5. The Kier molecular flexibility index (Phi) is 5.18. The Balaban J connectivity index is 1.45. The largest absolute Gasteiger partial charge is 0.495 e. The lowest BCUT2D eigenvalue weighted by Gasteiger charge is -2.35. The predicted molar refractivity (Wildman–Crippen MR) is 110 cm³/mol. The summed E-state index contributed by atoms with van der Waals surface area (Å²) >= 11 is 0. The molecule has 8 nitrogen and oxygen atoms in total. The first-order valence-corrected chi connectivity index (χ1v) is 9.25. The van der Waals surface area contributed by atoms with Crippen LogP contribution in [0.15, 0.2) is 48.8 Å². The van der Waals surface area contributed by atoms with Crippen molar-refractivity contribution in [1.29, 1.82) is 0 Å². The van der Waals surface area contributed by atoms with Crippen molar-refractivity contribution in [2.45, 2.75) is 6.92 Å². The fourth-order valence-corrected chi connectivity index (χ4v) is 3.22. The van der Waals surface area contributed by atoms with Gasteiger partial charge in [-0.2, -0.15) is 10.1 Å². The summed E-state index contributed by atoms with van der Waals surface area (Å²) in [5.74, 6) is 3.02. The number of benzene rings is 1. The Morgan fingerprint density at radius 2 is 1.86 bits per heavy atom. The van der Waals surface area contributed by atoms with Gasteiger partial charge < -0.3 is 19.9 Å². The maximum absolute atomic E-state index is 5.42. The van der Waals surface area contributed by atoms with Gasteiger partial charge >= 0.3 is 0 Å². The van der Waals surface area contributed by atoms with E-state index in [-0.39, 0.29) is 0 Å². The van der Waals surface area contributed by atoms with Crippen LogP contribution >= 0.6 is 0 Å². The Morgan fingerprint density at radius 1 is 1.04 bits per heavy atom. The van der Waals surface area contributed by atoms with E-state index in [1.54, 1.807) is 13.3 Å². The molecule has 144 valence electrons. The zero-order valence-electron chi connectivity index (χ0n) is 16.0. The van der Waals surface area contributed by atoms with Crippen molar-refractivity contribution in [3.63, 3.8) is 0 Å². The van der Waals surface area contributed by atoms with Crippen molar-refractivity contribution >= 4 is 23.3 Å². The number of hydrogen-bond donors (Lipinski definition) is 1. The van der Waals surface area contributed by atoms with Crippen molar-refractivity contribution < 1.29 is 4.74 Å². The number of ether oxygens (including phenoxy) is 1. The first-order valence-electron chi connectivity index (χ1n) is 9.25. The average Bonchev–Trinajstić information content (AvgIpc) is 2.75. The molecule has 0 bridgehead atoms. The summed E-state index contributed by atoms with van der Waals surface area (Å²) in [6.07, 6.45) is 3.44. The number of rotatable bonds is 5. The molecule has 28 heavy (non-hydrogen) atoms. The van der Waals surface area contributed by atoms with Crippen LogP contribution in [0.3, 0.4) is 0 Å². The zero-order valence-corrected chi connectivity index (χ0v) is 16.0. The maximum Gasteiger partial charge on any atom is 0.247 e. The molecule has 0 amide bonds. The standard InChI is InChI=1S/C20H23N7O/c1-15-6-7-17(28-2)16(13-15)23-18-14-22-25-20(24-18)27-11-9-26(10-12-27)19-5-3-4-8-21-19/h3-8,13-14H,9-12H2,1-2H3,(H,23,24,25). The summed E-state index contributed by atoms with van der Waals surface area (Å²) in [5, 5.41) is 11.6. The van der Waals surface area contributed by atoms with E-state index in [0.717, 1.165) is 49.0 Å². The second kappa shape index (κ2) is 8.08. The lowest BCUT2D eigenvalue weighted by atomic mass is 10.2. The van der Waals surface area contributed by atoms with Gasteiger partial charge in [-0.05, 0) is 36.8 Å². The summed E-state index contributed by atoms with van der Waals surface area (Å²) in [5.41, 5.74) is 1.99. The summed E-state index contributed by atoms with van der Waals surface area (Å²) in [7, 11) is 1.65. The summed E-state index contributed by atoms with van der Waals surface area (Å²) in [6.45, 7) is 5.40. The third-order valence-corrected chi connectivity index (χ3v) is 4.70. The van der Waals surface area contributed by atoms with Gasteiger partial charge in [0.2, 0.25) is 5.95 Å². The Morgan fingerprint density at radius 3 is 2.61 bits per heavy atom. The molecule has 1 aliphatic rings. The van der Waals surface area contributed by atoms with Crippen molar-refractivity contribution in [3.8, 4) is 5.75 Å². The SMILES string of the molecule is COc1ccc(C)cc1Nc1cnnc(N2CCN(c3ccccn3)CC2)n1. The van der Waals surface area contributed by atoms with E-state index in [1.165, 1.54) is 0 Å². The Labute approximate surface area is 164 Å². The van der Waals surface area contributed by atoms with Crippen LogP contribution < -0.4 is 19.9 Å². The highest BCUT2D eigenvalue weighted by molar-refractivity contribution is 5.65. The Bertz CT molecular complexity index is 927. The van der Waals surface area contributed by atoms with E-state index in [2.05, 4.69) is 35.3 Å². The van der Waals surface area contributed by atoms with Crippen LogP contribution in [0.2, 0.25) is 0 Å². The van der Waals surface area contributed by atoms with Gasteiger partial charge in [-0.15, -0.1) is 5.10 Å². The van der Waals surface area contributed by atoms with Crippen LogP contribution in [0.5, 0.6) is 5.75 Å². The van der Waals surface area contributed by atoms with E-state index in [9.17, 15) is 0 Å². The molecule has 8 heteroatoms.